The van der Waals surface area contributed by atoms with Gasteiger partial charge in [-0.1, -0.05) is 12.1 Å². The van der Waals surface area contributed by atoms with Gasteiger partial charge in [0.15, 0.2) is 10.9 Å². The van der Waals surface area contributed by atoms with E-state index in [1.165, 1.54) is 12.1 Å². The molecular formula is C22H16N2O5S. The largest absolute Gasteiger partial charge is 0.354 e. The first-order valence-corrected chi connectivity index (χ1v) is 10.6. The summed E-state index contributed by atoms with van der Waals surface area (Å²) in [5, 5.41) is 1.38. The molecule has 0 saturated heterocycles. The summed E-state index contributed by atoms with van der Waals surface area (Å²) in [5.41, 5.74) is 2.51. The highest BCUT2D eigenvalue weighted by atomic mass is 32.2. The molecule has 0 spiro atoms. The van der Waals surface area contributed by atoms with Crippen LogP contribution in [0.5, 0.6) is 0 Å². The fourth-order valence-corrected chi connectivity index (χ4v) is 4.67. The van der Waals surface area contributed by atoms with Crippen molar-refractivity contribution in [1.82, 2.24) is 9.97 Å². The first-order chi connectivity index (χ1) is 14.1. The summed E-state index contributed by atoms with van der Waals surface area (Å²) in [4.78, 5) is 32.1. The third-order valence-corrected chi connectivity index (χ3v) is 6.37. The Hall–Kier alpha value is -3.49. The molecule has 0 aliphatic rings. The zero-order valence-corrected chi connectivity index (χ0v) is 16.8. The van der Waals surface area contributed by atoms with Crippen LogP contribution in [0.2, 0.25) is 0 Å². The van der Waals surface area contributed by atoms with Crippen molar-refractivity contribution in [2.24, 2.45) is 0 Å². The van der Waals surface area contributed by atoms with Crippen molar-refractivity contribution in [1.29, 1.82) is 0 Å². The molecule has 0 amide bonds. The summed E-state index contributed by atoms with van der Waals surface area (Å²) in [7, 11) is -4.55. The van der Waals surface area contributed by atoms with Crippen molar-refractivity contribution in [2.45, 2.75) is 18.7 Å². The SMILES string of the molecule is Cc1ccc2c(=O)c3cc4[nH]c5c(S(=O)(=O)O)ccc(C)c5c(=O)c4cc3[nH]c2c1. The smallest absolute Gasteiger partial charge is 0.296 e. The van der Waals surface area contributed by atoms with Gasteiger partial charge in [-0.05, 0) is 55.3 Å². The molecular weight excluding hydrogens is 404 g/mol. The quantitative estimate of drug-likeness (QED) is 0.283. The molecule has 0 unspecified atom stereocenters. The van der Waals surface area contributed by atoms with Crippen LogP contribution in [-0.2, 0) is 10.1 Å². The number of benzene rings is 3. The first-order valence-electron chi connectivity index (χ1n) is 9.18. The summed E-state index contributed by atoms with van der Waals surface area (Å²) in [6.45, 7) is 3.62. The van der Waals surface area contributed by atoms with E-state index in [1.54, 1.807) is 25.1 Å². The second-order valence-corrected chi connectivity index (χ2v) is 8.90. The summed E-state index contributed by atoms with van der Waals surface area (Å²) in [6.07, 6.45) is 0. The lowest BCUT2D eigenvalue weighted by atomic mass is 10.0. The number of aromatic nitrogens is 2. The maximum atomic E-state index is 13.2. The maximum Gasteiger partial charge on any atom is 0.296 e. The number of aryl methyl sites for hydroxylation is 2. The van der Waals surface area contributed by atoms with Gasteiger partial charge in [0, 0.05) is 21.7 Å². The molecule has 5 aromatic rings. The topological polar surface area (TPSA) is 120 Å². The van der Waals surface area contributed by atoms with Crippen molar-refractivity contribution >= 4 is 53.7 Å². The number of hydrogen-bond acceptors (Lipinski definition) is 4. The Morgan fingerprint density at radius 1 is 0.767 bits per heavy atom. The van der Waals surface area contributed by atoms with Gasteiger partial charge in [0.05, 0.1) is 21.9 Å². The van der Waals surface area contributed by atoms with Crippen LogP contribution in [0.4, 0.5) is 0 Å². The van der Waals surface area contributed by atoms with Gasteiger partial charge in [0.2, 0.25) is 0 Å². The van der Waals surface area contributed by atoms with Crippen molar-refractivity contribution in [3.05, 3.63) is 74.0 Å². The minimum Gasteiger partial charge on any atom is -0.354 e. The van der Waals surface area contributed by atoms with Gasteiger partial charge >= 0.3 is 0 Å². The molecule has 8 heteroatoms. The van der Waals surface area contributed by atoms with Crippen molar-refractivity contribution in [2.75, 3.05) is 0 Å². The molecule has 150 valence electrons. The Balaban J connectivity index is 2.02. The molecule has 0 aliphatic heterocycles. The molecule has 7 nitrogen and oxygen atoms in total. The van der Waals surface area contributed by atoms with Gasteiger partial charge in [-0.2, -0.15) is 8.42 Å². The highest BCUT2D eigenvalue weighted by Gasteiger charge is 2.19. The molecule has 0 fully saturated rings. The summed E-state index contributed by atoms with van der Waals surface area (Å²) in [6, 6.07) is 11.3. The van der Waals surface area contributed by atoms with Gasteiger partial charge < -0.3 is 9.97 Å². The molecule has 0 saturated carbocycles. The Morgan fingerprint density at radius 2 is 1.40 bits per heavy atom. The van der Waals surface area contributed by atoms with Crippen LogP contribution in [0.25, 0.3) is 43.6 Å². The molecule has 30 heavy (non-hydrogen) atoms. The average molecular weight is 420 g/mol. The third-order valence-electron chi connectivity index (χ3n) is 5.48. The lowest BCUT2D eigenvalue weighted by Gasteiger charge is -2.10. The van der Waals surface area contributed by atoms with E-state index in [2.05, 4.69) is 9.97 Å². The molecule has 0 atom stereocenters. The summed E-state index contributed by atoms with van der Waals surface area (Å²) < 4.78 is 33.2. The zero-order valence-electron chi connectivity index (χ0n) is 16.0. The molecule has 3 N–H and O–H groups in total. The molecule has 3 aromatic carbocycles. The standard InChI is InChI=1S/C22H16N2O5S/c1-10-3-5-12-15(7-10)23-16-9-14-17(8-13(16)21(12)25)24-20-18(30(27,28)29)6-4-11(2)19(20)22(14)26/h3-9H,1-2H3,(H,23,25)(H,24,26)(H,27,28,29). The Kier molecular flexibility index (Phi) is 3.71. The summed E-state index contributed by atoms with van der Waals surface area (Å²) >= 11 is 0. The van der Waals surface area contributed by atoms with Crippen LogP contribution in [-0.4, -0.2) is 22.9 Å². The van der Waals surface area contributed by atoms with E-state index in [0.29, 0.717) is 38.3 Å². The lowest BCUT2D eigenvalue weighted by Crippen LogP contribution is -2.11. The Bertz CT molecular complexity index is 1780. The molecule has 0 bridgehead atoms. The lowest BCUT2D eigenvalue weighted by molar-refractivity contribution is 0.484. The van der Waals surface area contributed by atoms with Gasteiger partial charge in [-0.15, -0.1) is 0 Å². The number of nitrogens with one attached hydrogen (secondary N) is 2. The normalized spacial score (nSPS) is 12.4. The highest BCUT2D eigenvalue weighted by Crippen LogP contribution is 2.26. The molecule has 0 radical (unpaired) electrons. The Morgan fingerprint density at radius 3 is 2.10 bits per heavy atom. The van der Waals surface area contributed by atoms with Crippen LogP contribution in [0.1, 0.15) is 11.1 Å². The number of pyridine rings is 2. The van der Waals surface area contributed by atoms with Crippen LogP contribution >= 0.6 is 0 Å². The van der Waals surface area contributed by atoms with Crippen molar-refractivity contribution in [3.63, 3.8) is 0 Å². The first kappa shape index (κ1) is 18.5. The van der Waals surface area contributed by atoms with Crippen molar-refractivity contribution < 1.29 is 13.0 Å². The fourth-order valence-electron chi connectivity index (χ4n) is 4.02. The molecule has 2 heterocycles. The van der Waals surface area contributed by atoms with E-state index < -0.39 is 10.1 Å². The Labute approximate surface area is 169 Å². The van der Waals surface area contributed by atoms with Gasteiger partial charge in [-0.3, -0.25) is 14.1 Å². The number of aromatic amines is 2. The van der Waals surface area contributed by atoms with E-state index >= 15 is 0 Å². The predicted octanol–water partition coefficient (Wildman–Crippen LogP) is 3.54. The van der Waals surface area contributed by atoms with Gasteiger partial charge in [0.25, 0.3) is 10.1 Å². The minimum atomic E-state index is -4.55. The summed E-state index contributed by atoms with van der Waals surface area (Å²) in [5.74, 6) is 0. The minimum absolute atomic E-state index is 0.0159. The van der Waals surface area contributed by atoms with Crippen LogP contribution < -0.4 is 10.9 Å². The van der Waals surface area contributed by atoms with Gasteiger partial charge in [0.1, 0.15) is 4.90 Å². The monoisotopic (exact) mass is 420 g/mol. The fraction of sp³-hybridized carbons (Fsp3) is 0.0909. The number of rotatable bonds is 1. The predicted molar refractivity (Wildman–Crippen MR) is 117 cm³/mol. The molecule has 2 aromatic heterocycles. The number of H-pyrrole nitrogens is 2. The van der Waals surface area contributed by atoms with E-state index in [9.17, 15) is 22.6 Å². The van der Waals surface area contributed by atoms with E-state index in [1.807, 2.05) is 19.1 Å². The second kappa shape index (κ2) is 6.01. The van der Waals surface area contributed by atoms with Crippen LogP contribution in [0.15, 0.2) is 56.9 Å². The van der Waals surface area contributed by atoms with Gasteiger partial charge in [-0.25, -0.2) is 0 Å². The zero-order chi connectivity index (χ0) is 21.4. The number of hydrogen-bond donors (Lipinski definition) is 3. The van der Waals surface area contributed by atoms with E-state index in [0.717, 1.165) is 5.56 Å². The van der Waals surface area contributed by atoms with Crippen LogP contribution in [0.3, 0.4) is 0 Å². The average Bonchev–Trinajstić information content (AvgIpc) is 2.66. The van der Waals surface area contributed by atoms with Crippen LogP contribution in [0, 0.1) is 13.8 Å². The van der Waals surface area contributed by atoms with E-state index in [4.69, 9.17) is 0 Å². The number of fused-ring (bicyclic) bond motifs is 4. The maximum absolute atomic E-state index is 13.2. The third kappa shape index (κ3) is 2.58. The molecule has 5 rings (SSSR count). The van der Waals surface area contributed by atoms with E-state index in [-0.39, 0.29) is 26.7 Å². The van der Waals surface area contributed by atoms with Crippen molar-refractivity contribution in [3.8, 4) is 0 Å². The second-order valence-electron chi connectivity index (χ2n) is 7.51. The highest BCUT2D eigenvalue weighted by molar-refractivity contribution is 7.86. The molecule has 0 aliphatic carbocycles.